The zero-order valence-corrected chi connectivity index (χ0v) is 13.6. The highest BCUT2D eigenvalue weighted by Crippen LogP contribution is 2.27. The Bertz CT molecular complexity index is 674. The highest BCUT2D eigenvalue weighted by atomic mass is 35.5. The van der Waals surface area contributed by atoms with Gasteiger partial charge in [0.2, 0.25) is 0 Å². The Hall–Kier alpha value is -1.73. The van der Waals surface area contributed by atoms with Crippen molar-refractivity contribution in [3.63, 3.8) is 0 Å². The molecular weight excluding hydrogens is 351 g/mol. The number of halogens is 4. The summed E-state index contributed by atoms with van der Waals surface area (Å²) in [6, 6.07) is 5.94. The van der Waals surface area contributed by atoms with Crippen LogP contribution in [0.4, 0.5) is 13.2 Å². The minimum Gasteiger partial charge on any atom is -0.496 e. The Morgan fingerprint density at radius 1 is 1.35 bits per heavy atom. The van der Waals surface area contributed by atoms with E-state index in [4.69, 9.17) is 16.3 Å². The van der Waals surface area contributed by atoms with Crippen molar-refractivity contribution in [3.05, 3.63) is 51.2 Å². The second-order valence-electron chi connectivity index (χ2n) is 4.75. The number of ether oxygens (including phenoxy) is 1. The van der Waals surface area contributed by atoms with Crippen LogP contribution < -0.4 is 4.74 Å². The van der Waals surface area contributed by atoms with Gasteiger partial charge >= 0.3 is 6.18 Å². The van der Waals surface area contributed by atoms with Crippen LogP contribution in [0.1, 0.15) is 15.9 Å². The number of alkyl halides is 3. The minimum atomic E-state index is -4.50. The summed E-state index contributed by atoms with van der Waals surface area (Å²) in [6.45, 7) is -1.49. The van der Waals surface area contributed by atoms with E-state index in [1.165, 1.54) is 36.6 Å². The largest absolute Gasteiger partial charge is 0.496 e. The predicted octanol–water partition coefficient (Wildman–Crippen LogP) is 4.61. The van der Waals surface area contributed by atoms with Gasteiger partial charge in [-0.25, -0.2) is 0 Å². The molecule has 0 N–H and O–H groups in total. The zero-order valence-electron chi connectivity index (χ0n) is 12.1. The molecule has 0 spiro atoms. The molecule has 8 heteroatoms. The highest BCUT2D eigenvalue weighted by Gasteiger charge is 2.34. The highest BCUT2D eigenvalue weighted by molar-refractivity contribution is 7.07. The van der Waals surface area contributed by atoms with Crippen molar-refractivity contribution in [1.29, 1.82) is 0 Å². The van der Waals surface area contributed by atoms with Gasteiger partial charge in [0.25, 0.3) is 5.91 Å². The van der Waals surface area contributed by atoms with Crippen molar-refractivity contribution in [2.45, 2.75) is 12.7 Å². The van der Waals surface area contributed by atoms with Crippen molar-refractivity contribution in [2.75, 3.05) is 13.7 Å². The molecule has 1 aromatic carbocycles. The smallest absolute Gasteiger partial charge is 0.406 e. The van der Waals surface area contributed by atoms with Crippen LogP contribution in [0, 0.1) is 0 Å². The van der Waals surface area contributed by atoms with Crippen molar-refractivity contribution in [1.82, 2.24) is 4.90 Å². The van der Waals surface area contributed by atoms with E-state index in [0.717, 1.165) is 4.90 Å². The van der Waals surface area contributed by atoms with E-state index in [1.54, 1.807) is 16.8 Å². The van der Waals surface area contributed by atoms with Gasteiger partial charge in [0.05, 0.1) is 12.7 Å². The molecule has 0 radical (unpaired) electrons. The third-order valence-corrected chi connectivity index (χ3v) is 3.97. The predicted molar refractivity (Wildman–Crippen MR) is 83.1 cm³/mol. The van der Waals surface area contributed by atoms with Gasteiger partial charge in [-0.05, 0) is 40.6 Å². The molecule has 3 nitrogen and oxygen atoms in total. The van der Waals surface area contributed by atoms with Crippen LogP contribution in [-0.4, -0.2) is 30.6 Å². The third-order valence-electron chi connectivity index (χ3n) is 3.00. The van der Waals surface area contributed by atoms with Gasteiger partial charge in [-0.15, -0.1) is 0 Å². The van der Waals surface area contributed by atoms with Gasteiger partial charge in [-0.2, -0.15) is 24.5 Å². The van der Waals surface area contributed by atoms with Crippen molar-refractivity contribution in [2.24, 2.45) is 0 Å². The molecule has 1 aromatic heterocycles. The fourth-order valence-electron chi connectivity index (χ4n) is 2.04. The lowest BCUT2D eigenvalue weighted by Crippen LogP contribution is -2.38. The first-order valence-corrected chi connectivity index (χ1v) is 7.83. The van der Waals surface area contributed by atoms with E-state index >= 15 is 0 Å². The molecular formula is C15H13ClF3NO2S. The number of hydrogen-bond acceptors (Lipinski definition) is 3. The van der Waals surface area contributed by atoms with Crippen LogP contribution in [0.3, 0.4) is 0 Å². The average molecular weight is 364 g/mol. The number of hydrogen-bond donors (Lipinski definition) is 0. The van der Waals surface area contributed by atoms with Gasteiger partial charge in [0.15, 0.2) is 0 Å². The van der Waals surface area contributed by atoms with E-state index in [9.17, 15) is 18.0 Å². The first kappa shape index (κ1) is 17.6. The van der Waals surface area contributed by atoms with Crippen molar-refractivity contribution >= 4 is 28.8 Å². The summed E-state index contributed by atoms with van der Waals surface area (Å²) in [5, 5.41) is 3.69. The van der Waals surface area contributed by atoms with Crippen LogP contribution >= 0.6 is 22.9 Å². The normalized spacial score (nSPS) is 11.3. The minimum absolute atomic E-state index is 0.000482. The lowest BCUT2D eigenvalue weighted by Gasteiger charge is -2.24. The molecule has 23 heavy (non-hydrogen) atoms. The number of amides is 1. The van der Waals surface area contributed by atoms with Gasteiger partial charge in [0, 0.05) is 11.6 Å². The molecule has 0 aliphatic heterocycles. The van der Waals surface area contributed by atoms with Gasteiger partial charge in [-0.1, -0.05) is 11.6 Å². The van der Waals surface area contributed by atoms with Crippen LogP contribution in [0.15, 0.2) is 35.0 Å². The second kappa shape index (κ2) is 7.23. The first-order chi connectivity index (χ1) is 10.8. The molecule has 0 aliphatic rings. The Morgan fingerprint density at radius 2 is 2.09 bits per heavy atom. The molecule has 2 aromatic rings. The number of benzene rings is 1. The molecule has 2 rings (SSSR count). The summed E-state index contributed by atoms with van der Waals surface area (Å²) in [7, 11) is 1.34. The lowest BCUT2D eigenvalue weighted by atomic mass is 10.1. The summed E-state index contributed by atoms with van der Waals surface area (Å²) in [5.41, 5.74) is 0.632. The maximum atomic E-state index is 12.8. The van der Waals surface area contributed by atoms with Crippen LogP contribution in [0.5, 0.6) is 5.75 Å². The number of rotatable bonds is 5. The molecule has 1 heterocycles. The number of carbonyl (C=O) groups is 1. The van der Waals surface area contributed by atoms with E-state index in [1.807, 2.05) is 0 Å². The number of nitrogens with zero attached hydrogens (tertiary/aromatic N) is 1. The standard InChI is InChI=1S/C15H13ClF3NO2S/c1-22-13-3-2-11(16)6-12(13)14(21)20(9-15(17,18)19)7-10-4-5-23-8-10/h2-6,8H,7,9H2,1H3. The molecule has 0 saturated heterocycles. The molecule has 0 fully saturated rings. The maximum Gasteiger partial charge on any atom is 0.406 e. The molecule has 0 atom stereocenters. The Morgan fingerprint density at radius 3 is 2.65 bits per heavy atom. The molecule has 0 unspecified atom stereocenters. The maximum absolute atomic E-state index is 12.8. The SMILES string of the molecule is COc1ccc(Cl)cc1C(=O)N(Cc1ccsc1)CC(F)(F)F. The van der Waals surface area contributed by atoms with Crippen molar-refractivity contribution < 1.29 is 22.7 Å². The molecule has 0 saturated carbocycles. The number of thiophene rings is 1. The topological polar surface area (TPSA) is 29.5 Å². The summed E-state index contributed by atoms with van der Waals surface area (Å²) in [5.74, 6) is -0.607. The zero-order chi connectivity index (χ0) is 17.0. The number of carbonyl (C=O) groups excluding carboxylic acids is 1. The fourth-order valence-corrected chi connectivity index (χ4v) is 2.87. The van der Waals surface area contributed by atoms with Crippen LogP contribution in [-0.2, 0) is 6.54 Å². The van der Waals surface area contributed by atoms with Gasteiger partial charge < -0.3 is 9.64 Å². The van der Waals surface area contributed by atoms with Gasteiger partial charge in [-0.3, -0.25) is 4.79 Å². The second-order valence-corrected chi connectivity index (χ2v) is 5.97. The van der Waals surface area contributed by atoms with E-state index in [2.05, 4.69) is 0 Å². The van der Waals surface area contributed by atoms with Crippen LogP contribution in [0.2, 0.25) is 5.02 Å². The van der Waals surface area contributed by atoms with E-state index in [0.29, 0.717) is 5.56 Å². The van der Waals surface area contributed by atoms with E-state index in [-0.39, 0.29) is 22.9 Å². The van der Waals surface area contributed by atoms with Crippen molar-refractivity contribution in [3.8, 4) is 5.75 Å². The molecule has 1 amide bonds. The Labute approximate surface area is 140 Å². The first-order valence-electron chi connectivity index (χ1n) is 6.51. The van der Waals surface area contributed by atoms with Gasteiger partial charge in [0.1, 0.15) is 12.3 Å². The quantitative estimate of drug-likeness (QED) is 0.776. The monoisotopic (exact) mass is 363 g/mol. The van der Waals surface area contributed by atoms with E-state index < -0.39 is 18.6 Å². The lowest BCUT2D eigenvalue weighted by molar-refractivity contribution is -0.141. The average Bonchev–Trinajstić information content (AvgIpc) is 2.97. The van der Waals surface area contributed by atoms with Crippen LogP contribution in [0.25, 0.3) is 0 Å². The summed E-state index contributed by atoms with van der Waals surface area (Å²) < 4.78 is 43.5. The molecule has 0 aliphatic carbocycles. The molecule has 124 valence electrons. The Balaban J connectivity index is 2.34. The third kappa shape index (κ3) is 4.87. The molecule has 0 bridgehead atoms. The summed E-state index contributed by atoms with van der Waals surface area (Å²) >= 11 is 7.20. The number of methoxy groups -OCH3 is 1. The summed E-state index contributed by atoms with van der Waals surface area (Å²) in [6.07, 6.45) is -4.50. The summed E-state index contributed by atoms with van der Waals surface area (Å²) in [4.78, 5) is 13.3. The fraction of sp³-hybridized carbons (Fsp3) is 0.267. The Kier molecular flexibility index (Phi) is 5.54.